The fourth-order valence-electron chi connectivity index (χ4n) is 1.79. The first kappa shape index (κ1) is 14.6. The second-order valence-corrected chi connectivity index (χ2v) is 5.69. The topological polar surface area (TPSA) is 32.3 Å². The molecule has 0 spiro atoms. The second kappa shape index (κ2) is 6.57. The predicted octanol–water partition coefficient (Wildman–Crippen LogP) is 4.42. The van der Waals surface area contributed by atoms with Crippen LogP contribution in [-0.4, -0.2) is 18.0 Å². The van der Waals surface area contributed by atoms with Crippen LogP contribution < -0.4 is 5.32 Å². The zero-order chi connectivity index (χ0) is 14.5. The molecule has 0 aliphatic carbocycles. The highest BCUT2D eigenvalue weighted by atomic mass is 79.9. The minimum atomic E-state index is -0.114. The van der Waals surface area contributed by atoms with Gasteiger partial charge in [0.1, 0.15) is 0 Å². The Morgan fingerprint density at radius 3 is 2.30 bits per heavy atom. The van der Waals surface area contributed by atoms with Crippen LogP contribution in [0.2, 0.25) is 0 Å². The van der Waals surface area contributed by atoms with Crippen molar-refractivity contribution < 1.29 is 4.79 Å². The van der Waals surface area contributed by atoms with Gasteiger partial charge in [-0.3, -0.25) is 0 Å². The van der Waals surface area contributed by atoms with E-state index in [2.05, 4.69) is 21.2 Å². The van der Waals surface area contributed by atoms with Gasteiger partial charge in [-0.2, -0.15) is 0 Å². The number of anilines is 1. The first-order chi connectivity index (χ1) is 9.54. The molecule has 0 unspecified atom stereocenters. The summed E-state index contributed by atoms with van der Waals surface area (Å²) in [6.07, 6.45) is 0. The number of urea groups is 1. The van der Waals surface area contributed by atoms with Crippen molar-refractivity contribution in [3.05, 3.63) is 64.1 Å². The molecule has 2 rings (SSSR count). The highest BCUT2D eigenvalue weighted by molar-refractivity contribution is 9.10. The minimum absolute atomic E-state index is 0.114. The molecule has 3 nitrogen and oxygen atoms in total. The van der Waals surface area contributed by atoms with Gasteiger partial charge in [0.2, 0.25) is 0 Å². The number of hydrogen-bond acceptors (Lipinski definition) is 1. The minimum Gasteiger partial charge on any atom is -0.323 e. The van der Waals surface area contributed by atoms with Crippen molar-refractivity contribution in [2.75, 3.05) is 12.4 Å². The van der Waals surface area contributed by atoms with Crippen molar-refractivity contribution in [2.24, 2.45) is 0 Å². The molecular weight excluding hydrogens is 316 g/mol. The van der Waals surface area contributed by atoms with Crippen LogP contribution in [0.3, 0.4) is 0 Å². The molecule has 0 fully saturated rings. The molecule has 2 aromatic carbocycles. The van der Waals surface area contributed by atoms with E-state index in [-0.39, 0.29) is 6.03 Å². The fourth-order valence-corrected chi connectivity index (χ4v) is 2.06. The Morgan fingerprint density at radius 1 is 1.10 bits per heavy atom. The number of aryl methyl sites for hydroxylation is 1. The van der Waals surface area contributed by atoms with Gasteiger partial charge in [-0.15, -0.1) is 0 Å². The van der Waals surface area contributed by atoms with E-state index in [0.717, 1.165) is 15.7 Å². The summed E-state index contributed by atoms with van der Waals surface area (Å²) in [5.74, 6) is 0. The molecule has 4 heteroatoms. The van der Waals surface area contributed by atoms with E-state index in [1.165, 1.54) is 5.56 Å². The summed E-state index contributed by atoms with van der Waals surface area (Å²) < 4.78 is 1.04. The van der Waals surface area contributed by atoms with E-state index >= 15 is 0 Å². The molecule has 0 heterocycles. The Hall–Kier alpha value is -1.81. The number of nitrogens with zero attached hydrogens (tertiary/aromatic N) is 1. The van der Waals surface area contributed by atoms with Gasteiger partial charge in [0.25, 0.3) is 0 Å². The van der Waals surface area contributed by atoms with E-state index in [9.17, 15) is 4.79 Å². The summed E-state index contributed by atoms with van der Waals surface area (Å²) >= 11 is 3.40. The molecule has 2 aromatic rings. The molecule has 0 aliphatic rings. The van der Waals surface area contributed by atoms with Gasteiger partial charge in [-0.25, -0.2) is 4.79 Å². The Labute approximate surface area is 127 Å². The number of amides is 2. The maximum Gasteiger partial charge on any atom is 0.321 e. The smallest absolute Gasteiger partial charge is 0.321 e. The Balaban J connectivity index is 1.94. The van der Waals surface area contributed by atoms with Crippen LogP contribution >= 0.6 is 15.9 Å². The first-order valence-electron chi connectivity index (χ1n) is 6.38. The van der Waals surface area contributed by atoms with Gasteiger partial charge >= 0.3 is 6.03 Å². The van der Waals surface area contributed by atoms with E-state index in [0.29, 0.717) is 6.54 Å². The van der Waals surface area contributed by atoms with Gasteiger partial charge in [0.05, 0.1) is 0 Å². The van der Waals surface area contributed by atoms with Crippen LogP contribution in [0.25, 0.3) is 0 Å². The third-order valence-corrected chi connectivity index (χ3v) is 3.51. The average molecular weight is 333 g/mol. The van der Waals surface area contributed by atoms with Gasteiger partial charge in [0, 0.05) is 23.8 Å². The van der Waals surface area contributed by atoms with Crippen molar-refractivity contribution in [3.8, 4) is 0 Å². The van der Waals surface area contributed by atoms with Crippen LogP contribution in [0, 0.1) is 6.92 Å². The summed E-state index contributed by atoms with van der Waals surface area (Å²) in [7, 11) is 1.78. The predicted molar refractivity (Wildman–Crippen MR) is 85.8 cm³/mol. The van der Waals surface area contributed by atoms with Crippen molar-refractivity contribution in [1.82, 2.24) is 4.90 Å². The van der Waals surface area contributed by atoms with Crippen molar-refractivity contribution in [1.29, 1.82) is 0 Å². The summed E-state index contributed by atoms with van der Waals surface area (Å²) in [4.78, 5) is 13.7. The van der Waals surface area contributed by atoms with Gasteiger partial charge in [-0.05, 0) is 36.8 Å². The number of halogens is 1. The Kier molecular flexibility index (Phi) is 4.79. The lowest BCUT2D eigenvalue weighted by Gasteiger charge is -2.18. The van der Waals surface area contributed by atoms with Gasteiger partial charge in [-0.1, -0.05) is 45.8 Å². The Morgan fingerprint density at radius 2 is 1.70 bits per heavy atom. The van der Waals surface area contributed by atoms with Gasteiger partial charge < -0.3 is 10.2 Å². The molecule has 104 valence electrons. The molecule has 0 radical (unpaired) electrons. The summed E-state index contributed by atoms with van der Waals surface area (Å²) in [6, 6.07) is 15.6. The molecule has 0 bridgehead atoms. The normalized spacial score (nSPS) is 10.2. The van der Waals surface area contributed by atoms with Crippen LogP contribution in [0.15, 0.2) is 53.0 Å². The molecule has 0 saturated carbocycles. The second-order valence-electron chi connectivity index (χ2n) is 4.78. The van der Waals surface area contributed by atoms with E-state index in [4.69, 9.17) is 0 Å². The SMILES string of the molecule is Cc1ccc(NC(=O)N(C)Cc2ccc(Br)cc2)cc1. The molecule has 20 heavy (non-hydrogen) atoms. The van der Waals surface area contributed by atoms with E-state index in [1.54, 1.807) is 11.9 Å². The molecular formula is C16H17BrN2O. The number of rotatable bonds is 3. The maximum atomic E-state index is 12.1. The summed E-state index contributed by atoms with van der Waals surface area (Å²) in [5, 5.41) is 2.88. The number of nitrogens with one attached hydrogen (secondary N) is 1. The molecule has 0 atom stereocenters. The lowest BCUT2D eigenvalue weighted by molar-refractivity contribution is 0.220. The van der Waals surface area contributed by atoms with Gasteiger partial charge in [0.15, 0.2) is 0 Å². The fraction of sp³-hybridized carbons (Fsp3) is 0.188. The van der Waals surface area contributed by atoms with Crippen LogP contribution in [0.5, 0.6) is 0 Å². The highest BCUT2D eigenvalue weighted by Crippen LogP contribution is 2.13. The average Bonchev–Trinajstić information content (AvgIpc) is 2.44. The lowest BCUT2D eigenvalue weighted by atomic mass is 10.2. The third-order valence-electron chi connectivity index (χ3n) is 2.98. The molecule has 0 saturated heterocycles. The largest absolute Gasteiger partial charge is 0.323 e. The molecule has 2 amide bonds. The number of carbonyl (C=O) groups is 1. The summed E-state index contributed by atoms with van der Waals surface area (Å²) in [5.41, 5.74) is 3.07. The van der Waals surface area contributed by atoms with E-state index < -0.39 is 0 Å². The third kappa shape index (κ3) is 4.10. The van der Waals surface area contributed by atoms with Crippen molar-refractivity contribution in [2.45, 2.75) is 13.5 Å². The quantitative estimate of drug-likeness (QED) is 0.886. The molecule has 1 N–H and O–H groups in total. The van der Waals surface area contributed by atoms with Crippen molar-refractivity contribution in [3.63, 3.8) is 0 Å². The summed E-state index contributed by atoms with van der Waals surface area (Å²) in [6.45, 7) is 2.59. The monoisotopic (exact) mass is 332 g/mol. The van der Waals surface area contributed by atoms with Crippen LogP contribution in [-0.2, 0) is 6.54 Å². The maximum absolute atomic E-state index is 12.1. The zero-order valence-electron chi connectivity index (χ0n) is 11.6. The van der Waals surface area contributed by atoms with Crippen LogP contribution in [0.1, 0.15) is 11.1 Å². The lowest BCUT2D eigenvalue weighted by Crippen LogP contribution is -2.30. The van der Waals surface area contributed by atoms with Crippen molar-refractivity contribution >= 4 is 27.6 Å². The first-order valence-corrected chi connectivity index (χ1v) is 7.17. The molecule has 0 aliphatic heterocycles. The zero-order valence-corrected chi connectivity index (χ0v) is 13.1. The molecule has 0 aromatic heterocycles. The standard InChI is InChI=1S/C16H17BrN2O/c1-12-3-9-15(10-4-12)18-16(20)19(2)11-13-5-7-14(17)8-6-13/h3-10H,11H2,1-2H3,(H,18,20). The Bertz CT molecular complexity index is 578. The highest BCUT2D eigenvalue weighted by Gasteiger charge is 2.09. The number of carbonyl (C=O) groups excluding carboxylic acids is 1. The number of benzene rings is 2. The van der Waals surface area contributed by atoms with Crippen LogP contribution in [0.4, 0.5) is 10.5 Å². The number of hydrogen-bond donors (Lipinski definition) is 1. The van der Waals surface area contributed by atoms with E-state index in [1.807, 2.05) is 55.5 Å².